The minimum atomic E-state index is -1.16. The maximum Gasteiger partial charge on any atom is 0.336 e. The number of carboxylic acid groups (broad SMARTS) is 1. The number of anilines is 1. The summed E-state index contributed by atoms with van der Waals surface area (Å²) < 4.78 is 0. The molecule has 0 unspecified atom stereocenters. The van der Waals surface area contributed by atoms with Crippen LogP contribution >= 0.6 is 0 Å². The fourth-order valence-corrected chi connectivity index (χ4v) is 1.69. The van der Waals surface area contributed by atoms with Crippen molar-refractivity contribution in [2.75, 3.05) is 5.01 Å². The maximum atomic E-state index is 12.2. The first kappa shape index (κ1) is 12.8. The van der Waals surface area contributed by atoms with Crippen LogP contribution in [0, 0.1) is 0 Å². The Labute approximate surface area is 109 Å². The maximum absolute atomic E-state index is 12.2. The number of hydrogen-bond donors (Lipinski definition) is 2. The summed E-state index contributed by atoms with van der Waals surface area (Å²) in [4.78, 5) is 23.3. The van der Waals surface area contributed by atoms with Crippen molar-refractivity contribution in [2.24, 2.45) is 5.84 Å². The molecule has 1 amide bonds. The second-order valence-electron chi connectivity index (χ2n) is 3.86. The number of carboxylic acids is 1. The molecule has 0 heterocycles. The molecule has 3 N–H and O–H groups in total. The van der Waals surface area contributed by atoms with Gasteiger partial charge in [-0.3, -0.25) is 4.79 Å². The average molecular weight is 256 g/mol. The minimum Gasteiger partial charge on any atom is -0.478 e. The van der Waals surface area contributed by atoms with Crippen molar-refractivity contribution in [1.29, 1.82) is 0 Å². The van der Waals surface area contributed by atoms with Crippen LogP contribution in [-0.2, 0) is 0 Å². The number of carbonyl (C=O) groups excluding carboxylic acids is 1. The predicted molar refractivity (Wildman–Crippen MR) is 70.8 cm³/mol. The quantitative estimate of drug-likeness (QED) is 0.499. The lowest BCUT2D eigenvalue weighted by Gasteiger charge is -2.17. The molecule has 2 aromatic carbocycles. The Balaban J connectivity index is 2.38. The van der Waals surface area contributed by atoms with Crippen LogP contribution < -0.4 is 10.9 Å². The molecule has 5 nitrogen and oxygen atoms in total. The Morgan fingerprint density at radius 1 is 0.895 bits per heavy atom. The van der Waals surface area contributed by atoms with E-state index in [4.69, 9.17) is 10.9 Å². The third-order valence-corrected chi connectivity index (χ3v) is 2.64. The van der Waals surface area contributed by atoms with Gasteiger partial charge in [-0.25, -0.2) is 15.6 Å². The highest BCUT2D eigenvalue weighted by Gasteiger charge is 2.20. The number of aromatic carboxylic acids is 1. The second-order valence-corrected chi connectivity index (χ2v) is 3.86. The highest BCUT2D eigenvalue weighted by atomic mass is 16.4. The molecule has 0 spiro atoms. The number of rotatable bonds is 3. The van der Waals surface area contributed by atoms with Crippen LogP contribution in [0.25, 0.3) is 0 Å². The van der Waals surface area contributed by atoms with E-state index >= 15 is 0 Å². The van der Waals surface area contributed by atoms with E-state index in [1.54, 1.807) is 42.5 Å². The van der Waals surface area contributed by atoms with Crippen molar-refractivity contribution >= 4 is 17.6 Å². The van der Waals surface area contributed by atoms with E-state index in [1.165, 1.54) is 12.1 Å². The Morgan fingerprint density at radius 2 is 1.42 bits per heavy atom. The number of amides is 1. The van der Waals surface area contributed by atoms with Gasteiger partial charge in [-0.15, -0.1) is 0 Å². The number of carbonyl (C=O) groups is 2. The summed E-state index contributed by atoms with van der Waals surface area (Å²) in [6, 6.07) is 14.6. The fourth-order valence-electron chi connectivity index (χ4n) is 1.69. The summed E-state index contributed by atoms with van der Waals surface area (Å²) >= 11 is 0. The van der Waals surface area contributed by atoms with Gasteiger partial charge in [0.05, 0.1) is 16.8 Å². The zero-order valence-electron chi connectivity index (χ0n) is 9.98. The highest BCUT2D eigenvalue weighted by Crippen LogP contribution is 2.16. The molecule has 0 saturated carbocycles. The smallest absolute Gasteiger partial charge is 0.336 e. The van der Waals surface area contributed by atoms with Gasteiger partial charge < -0.3 is 5.11 Å². The van der Waals surface area contributed by atoms with Crippen molar-refractivity contribution in [3.8, 4) is 0 Å². The summed E-state index contributed by atoms with van der Waals surface area (Å²) in [5.74, 6) is 4.00. The largest absolute Gasteiger partial charge is 0.478 e. The van der Waals surface area contributed by atoms with E-state index in [0.29, 0.717) is 5.69 Å². The second kappa shape index (κ2) is 5.32. The van der Waals surface area contributed by atoms with Gasteiger partial charge >= 0.3 is 5.97 Å². The fraction of sp³-hybridized carbons (Fsp3) is 0. The first-order valence-corrected chi connectivity index (χ1v) is 5.58. The van der Waals surface area contributed by atoms with Crippen LogP contribution in [-0.4, -0.2) is 17.0 Å². The van der Waals surface area contributed by atoms with Crippen LogP contribution in [0.4, 0.5) is 5.69 Å². The predicted octanol–water partition coefficient (Wildman–Crippen LogP) is 1.91. The Hall–Kier alpha value is -2.66. The van der Waals surface area contributed by atoms with Crippen molar-refractivity contribution in [2.45, 2.75) is 0 Å². The molecule has 0 radical (unpaired) electrons. The average Bonchev–Trinajstić information content (AvgIpc) is 2.46. The summed E-state index contributed by atoms with van der Waals surface area (Å²) in [5.41, 5.74) is 0.480. The SMILES string of the molecule is NN(C(=O)c1ccccc1C(=O)O)c1ccccc1. The van der Waals surface area contributed by atoms with Crippen LogP contribution in [0.3, 0.4) is 0 Å². The Morgan fingerprint density at radius 3 is 2.00 bits per heavy atom. The summed E-state index contributed by atoms with van der Waals surface area (Å²) in [6.07, 6.45) is 0. The lowest BCUT2D eigenvalue weighted by Crippen LogP contribution is -2.38. The van der Waals surface area contributed by atoms with Gasteiger partial charge in [0, 0.05) is 0 Å². The lowest BCUT2D eigenvalue weighted by atomic mass is 10.1. The van der Waals surface area contributed by atoms with E-state index in [9.17, 15) is 9.59 Å². The Kier molecular flexibility index (Phi) is 3.58. The zero-order valence-corrected chi connectivity index (χ0v) is 9.98. The molecule has 0 aliphatic rings. The summed E-state index contributed by atoms with van der Waals surface area (Å²) in [6.45, 7) is 0. The van der Waals surface area contributed by atoms with Crippen LogP contribution in [0.1, 0.15) is 20.7 Å². The van der Waals surface area contributed by atoms with Crippen LogP contribution in [0.15, 0.2) is 54.6 Å². The molecule has 2 aromatic rings. The highest BCUT2D eigenvalue weighted by molar-refractivity contribution is 6.11. The zero-order chi connectivity index (χ0) is 13.8. The van der Waals surface area contributed by atoms with E-state index < -0.39 is 11.9 Å². The van der Waals surface area contributed by atoms with Gasteiger partial charge in [0.15, 0.2) is 0 Å². The van der Waals surface area contributed by atoms with Gasteiger partial charge in [0.2, 0.25) is 0 Å². The molecule has 19 heavy (non-hydrogen) atoms. The molecule has 96 valence electrons. The molecule has 0 aliphatic carbocycles. The molecular weight excluding hydrogens is 244 g/mol. The summed E-state index contributed by atoms with van der Waals surface area (Å²) in [5, 5.41) is 9.99. The normalized spacial score (nSPS) is 9.95. The van der Waals surface area contributed by atoms with Gasteiger partial charge in [0.1, 0.15) is 0 Å². The van der Waals surface area contributed by atoms with Gasteiger partial charge in [0.25, 0.3) is 5.91 Å². The van der Waals surface area contributed by atoms with Gasteiger partial charge in [-0.2, -0.15) is 0 Å². The topological polar surface area (TPSA) is 83.6 Å². The third-order valence-electron chi connectivity index (χ3n) is 2.64. The van der Waals surface area contributed by atoms with E-state index in [-0.39, 0.29) is 11.1 Å². The van der Waals surface area contributed by atoms with E-state index in [1.807, 2.05) is 0 Å². The third kappa shape index (κ3) is 2.61. The number of nitrogens with zero attached hydrogens (tertiary/aromatic N) is 1. The van der Waals surface area contributed by atoms with Gasteiger partial charge in [-0.05, 0) is 24.3 Å². The molecule has 0 saturated heterocycles. The van der Waals surface area contributed by atoms with Crippen molar-refractivity contribution in [3.05, 3.63) is 65.7 Å². The molecule has 0 fully saturated rings. The molecule has 0 aliphatic heterocycles. The monoisotopic (exact) mass is 256 g/mol. The van der Waals surface area contributed by atoms with Gasteiger partial charge in [-0.1, -0.05) is 30.3 Å². The van der Waals surface area contributed by atoms with Crippen molar-refractivity contribution < 1.29 is 14.7 Å². The molecule has 0 aromatic heterocycles. The Bertz CT molecular complexity index is 611. The van der Waals surface area contributed by atoms with Crippen molar-refractivity contribution in [3.63, 3.8) is 0 Å². The molecular formula is C14H12N2O3. The number of nitrogens with two attached hydrogens (primary N) is 1. The molecule has 0 bridgehead atoms. The number of para-hydroxylation sites is 1. The standard InChI is InChI=1S/C14H12N2O3/c15-16(10-6-2-1-3-7-10)13(17)11-8-4-5-9-12(11)14(18)19/h1-9H,15H2,(H,18,19). The van der Waals surface area contributed by atoms with Crippen LogP contribution in [0.5, 0.6) is 0 Å². The summed E-state index contributed by atoms with van der Waals surface area (Å²) in [7, 11) is 0. The van der Waals surface area contributed by atoms with Crippen LogP contribution in [0.2, 0.25) is 0 Å². The first-order chi connectivity index (χ1) is 9.11. The molecule has 5 heteroatoms. The number of hydrazine groups is 1. The van der Waals surface area contributed by atoms with E-state index in [0.717, 1.165) is 5.01 Å². The number of hydrogen-bond acceptors (Lipinski definition) is 3. The lowest BCUT2D eigenvalue weighted by molar-refractivity contribution is 0.0692. The minimum absolute atomic E-state index is 0.0568. The first-order valence-electron chi connectivity index (χ1n) is 5.58. The molecule has 0 atom stereocenters. The number of benzene rings is 2. The molecule has 2 rings (SSSR count). The van der Waals surface area contributed by atoms with E-state index in [2.05, 4.69) is 0 Å². The van der Waals surface area contributed by atoms with Crippen molar-refractivity contribution in [1.82, 2.24) is 0 Å².